The Morgan fingerprint density at radius 2 is 1.62 bits per heavy atom. The number of hydrogen-bond donors (Lipinski definition) is 4. The van der Waals surface area contributed by atoms with Crippen LogP contribution >= 0.6 is 0 Å². The predicted molar refractivity (Wildman–Crippen MR) is 27.5 cm³/mol. The minimum atomic E-state index is -2.17. The van der Waals surface area contributed by atoms with Crippen molar-refractivity contribution in [3.05, 3.63) is 0 Å². The molecular formula is C2H8BNO4. The van der Waals surface area contributed by atoms with Crippen molar-refractivity contribution in [2.24, 2.45) is 0 Å². The molecule has 1 amide bonds. The molecule has 48 valence electrons. The molecule has 0 aromatic rings. The summed E-state index contributed by atoms with van der Waals surface area (Å²) in [5, 5.41) is 23.8. The van der Waals surface area contributed by atoms with Crippen LogP contribution in [0.1, 0.15) is 0 Å². The van der Waals surface area contributed by atoms with Crippen molar-refractivity contribution in [2.75, 3.05) is 7.05 Å². The first kappa shape index (κ1) is 10.4. The highest BCUT2D eigenvalue weighted by atomic mass is 16.5. The van der Waals surface area contributed by atoms with Gasteiger partial charge in [0.1, 0.15) is 0 Å². The Hall–Kier alpha value is -0.585. The third-order valence-electron chi connectivity index (χ3n) is 0.118. The Labute approximate surface area is 47.1 Å². The minimum Gasteiger partial charge on any atom is -0.402 e. The van der Waals surface area contributed by atoms with Gasteiger partial charge >= 0.3 is 7.32 Å². The van der Waals surface area contributed by atoms with Crippen molar-refractivity contribution in [1.82, 2.24) is 5.32 Å². The molecule has 0 heterocycles. The van der Waals surface area contributed by atoms with E-state index in [2.05, 4.69) is 5.32 Å². The van der Waals surface area contributed by atoms with E-state index in [4.69, 9.17) is 19.9 Å². The number of rotatable bonds is 1. The first-order valence-electron chi connectivity index (χ1n) is 1.80. The molecule has 0 spiro atoms. The van der Waals surface area contributed by atoms with E-state index in [0.29, 0.717) is 6.41 Å². The summed E-state index contributed by atoms with van der Waals surface area (Å²) in [6.07, 6.45) is 0.625. The molecule has 0 rings (SSSR count). The van der Waals surface area contributed by atoms with Crippen LogP contribution in [0.3, 0.4) is 0 Å². The van der Waals surface area contributed by atoms with Crippen molar-refractivity contribution in [1.29, 1.82) is 0 Å². The first-order valence-corrected chi connectivity index (χ1v) is 1.80. The summed E-state index contributed by atoms with van der Waals surface area (Å²) in [4.78, 5) is 9.06. The lowest BCUT2D eigenvalue weighted by Crippen LogP contribution is -2.07. The highest BCUT2D eigenvalue weighted by molar-refractivity contribution is 6.30. The summed E-state index contributed by atoms with van der Waals surface area (Å²) in [5.74, 6) is 0. The van der Waals surface area contributed by atoms with E-state index in [1.54, 1.807) is 7.05 Å². The number of carbonyl (C=O) groups is 1. The van der Waals surface area contributed by atoms with Gasteiger partial charge in [-0.15, -0.1) is 0 Å². The second kappa shape index (κ2) is 9.65. The van der Waals surface area contributed by atoms with Gasteiger partial charge in [0, 0.05) is 7.05 Å². The van der Waals surface area contributed by atoms with Gasteiger partial charge in [-0.05, 0) is 0 Å². The summed E-state index contributed by atoms with van der Waals surface area (Å²) in [7, 11) is -0.604. The second-order valence-electron chi connectivity index (χ2n) is 0.753. The van der Waals surface area contributed by atoms with E-state index in [-0.39, 0.29) is 0 Å². The standard InChI is InChI=1S/C2H5NO.BH3O3/c1-3-2-4;2-1(3)4/h2H,1H3,(H,3,4);2-4H. The van der Waals surface area contributed by atoms with Crippen molar-refractivity contribution < 1.29 is 19.9 Å². The third kappa shape index (κ3) is 613. The maximum absolute atomic E-state index is 9.06. The number of amides is 1. The summed E-state index contributed by atoms with van der Waals surface area (Å²) in [5.41, 5.74) is 0. The van der Waals surface area contributed by atoms with Gasteiger partial charge in [-0.1, -0.05) is 0 Å². The fraction of sp³-hybridized carbons (Fsp3) is 0.500. The molecule has 0 atom stereocenters. The third-order valence-corrected chi connectivity index (χ3v) is 0.118. The lowest BCUT2D eigenvalue weighted by molar-refractivity contribution is -0.109. The van der Waals surface area contributed by atoms with E-state index >= 15 is 0 Å². The first-order chi connectivity index (χ1) is 3.65. The molecule has 0 aromatic heterocycles. The monoisotopic (exact) mass is 121 g/mol. The molecule has 0 aliphatic heterocycles. The van der Waals surface area contributed by atoms with Crippen molar-refractivity contribution in [3.8, 4) is 0 Å². The summed E-state index contributed by atoms with van der Waals surface area (Å²) >= 11 is 0. The lowest BCUT2D eigenvalue weighted by atomic mass is 10.3. The average Bonchev–Trinajstić information content (AvgIpc) is 1.65. The maximum Gasteiger partial charge on any atom is 0.631 e. The molecule has 0 bridgehead atoms. The molecule has 0 aromatic carbocycles. The highest BCUT2D eigenvalue weighted by Crippen LogP contribution is 1.40. The van der Waals surface area contributed by atoms with E-state index in [1.807, 2.05) is 0 Å². The number of carbonyl (C=O) groups excluding carboxylic acids is 1. The zero-order valence-corrected chi connectivity index (χ0v) is 4.40. The fourth-order valence-corrected chi connectivity index (χ4v) is 0. The van der Waals surface area contributed by atoms with Crippen LogP contribution in [0.4, 0.5) is 0 Å². The van der Waals surface area contributed by atoms with Crippen molar-refractivity contribution in [3.63, 3.8) is 0 Å². The Balaban J connectivity index is 0. The van der Waals surface area contributed by atoms with Crippen molar-refractivity contribution >= 4 is 13.7 Å². The van der Waals surface area contributed by atoms with Gasteiger partial charge in [0.05, 0.1) is 0 Å². The van der Waals surface area contributed by atoms with Gasteiger partial charge in [-0.3, -0.25) is 4.79 Å². The minimum absolute atomic E-state index is 0.625. The smallest absolute Gasteiger partial charge is 0.402 e. The maximum atomic E-state index is 9.06. The molecule has 0 saturated heterocycles. The molecular weight excluding hydrogens is 113 g/mol. The second-order valence-corrected chi connectivity index (χ2v) is 0.753. The van der Waals surface area contributed by atoms with E-state index in [0.717, 1.165) is 0 Å². The Bertz CT molecular complexity index is 46.5. The molecule has 8 heavy (non-hydrogen) atoms. The van der Waals surface area contributed by atoms with Gasteiger partial charge in [-0.2, -0.15) is 0 Å². The van der Waals surface area contributed by atoms with Crippen LogP contribution in [0.2, 0.25) is 0 Å². The van der Waals surface area contributed by atoms with Crippen molar-refractivity contribution in [2.45, 2.75) is 0 Å². The SMILES string of the molecule is CNC=O.OB(O)O. The molecule has 0 aliphatic rings. The highest BCUT2D eigenvalue weighted by Gasteiger charge is 1.92. The molecule has 4 N–H and O–H groups in total. The quantitative estimate of drug-likeness (QED) is 0.224. The van der Waals surface area contributed by atoms with E-state index in [9.17, 15) is 0 Å². The Morgan fingerprint density at radius 3 is 1.62 bits per heavy atom. The average molecular weight is 121 g/mol. The van der Waals surface area contributed by atoms with Crippen LogP contribution in [0, 0.1) is 0 Å². The molecule has 0 radical (unpaired) electrons. The van der Waals surface area contributed by atoms with Crippen LogP contribution in [0.25, 0.3) is 0 Å². The van der Waals surface area contributed by atoms with Gasteiger partial charge in [0.15, 0.2) is 0 Å². The largest absolute Gasteiger partial charge is 0.631 e. The van der Waals surface area contributed by atoms with Crippen LogP contribution in [0.15, 0.2) is 0 Å². The molecule has 0 saturated carbocycles. The van der Waals surface area contributed by atoms with E-state index in [1.165, 1.54) is 0 Å². The van der Waals surface area contributed by atoms with Crippen LogP contribution in [0.5, 0.6) is 0 Å². The fourth-order valence-electron chi connectivity index (χ4n) is 0. The van der Waals surface area contributed by atoms with Crippen LogP contribution < -0.4 is 5.32 Å². The van der Waals surface area contributed by atoms with Gasteiger partial charge in [-0.25, -0.2) is 0 Å². The summed E-state index contributed by atoms with van der Waals surface area (Å²) in [6.45, 7) is 0. The summed E-state index contributed by atoms with van der Waals surface area (Å²) in [6, 6.07) is 0. The topological polar surface area (TPSA) is 89.8 Å². The normalized spacial score (nSPS) is 6.00. The van der Waals surface area contributed by atoms with Gasteiger partial charge in [0.2, 0.25) is 6.41 Å². The predicted octanol–water partition coefficient (Wildman–Crippen LogP) is -2.69. The van der Waals surface area contributed by atoms with Gasteiger partial charge < -0.3 is 20.4 Å². The molecule has 0 aliphatic carbocycles. The number of nitrogens with one attached hydrogen (secondary N) is 1. The lowest BCUT2D eigenvalue weighted by Gasteiger charge is -1.69. The zero-order chi connectivity index (χ0) is 6.99. The molecule has 6 heteroatoms. The van der Waals surface area contributed by atoms with Crippen LogP contribution in [-0.4, -0.2) is 35.9 Å². The van der Waals surface area contributed by atoms with Gasteiger partial charge in [0.25, 0.3) is 0 Å². The Morgan fingerprint density at radius 1 is 1.50 bits per heavy atom. The molecule has 5 nitrogen and oxygen atoms in total. The van der Waals surface area contributed by atoms with Crippen LogP contribution in [-0.2, 0) is 4.79 Å². The van der Waals surface area contributed by atoms with E-state index < -0.39 is 7.32 Å². The Kier molecular flexibility index (Phi) is 12.6. The summed E-state index contributed by atoms with van der Waals surface area (Å²) < 4.78 is 0. The molecule has 0 unspecified atom stereocenters. The number of hydrogen-bond acceptors (Lipinski definition) is 4. The molecule has 0 fully saturated rings. The zero-order valence-electron chi connectivity index (χ0n) is 4.40.